The molecule has 0 spiro atoms. The average Bonchev–Trinajstić information content (AvgIpc) is 3.57. The number of benzene rings is 1. The first-order valence-electron chi connectivity index (χ1n) is 13.5. The highest BCUT2D eigenvalue weighted by Crippen LogP contribution is 2.58. The van der Waals surface area contributed by atoms with Gasteiger partial charge in [0.05, 0.1) is 0 Å². The lowest BCUT2D eigenvalue weighted by atomic mass is 9.53. The van der Waals surface area contributed by atoms with Crippen LogP contribution in [0.1, 0.15) is 88.2 Å². The first kappa shape index (κ1) is 23.4. The van der Waals surface area contributed by atoms with Gasteiger partial charge in [0.2, 0.25) is 11.8 Å². The van der Waals surface area contributed by atoms with E-state index < -0.39 is 0 Å². The Labute approximate surface area is 211 Å². The van der Waals surface area contributed by atoms with Crippen LogP contribution in [0.2, 0.25) is 0 Å². The van der Waals surface area contributed by atoms with Gasteiger partial charge in [-0.3, -0.25) is 4.79 Å². The molecule has 0 unspecified atom stereocenters. The van der Waals surface area contributed by atoms with Crippen LogP contribution in [0.15, 0.2) is 33.3 Å². The maximum Gasteiger partial charge on any atom is 0.257 e. The summed E-state index contributed by atoms with van der Waals surface area (Å²) in [4.78, 5) is 25.1. The molecule has 1 aromatic carbocycles. The van der Waals surface area contributed by atoms with Gasteiger partial charge in [0.15, 0.2) is 11.6 Å². The summed E-state index contributed by atoms with van der Waals surface area (Å²) in [6, 6.07) is 8.07. The molecular formula is C28H35N5O3. The van der Waals surface area contributed by atoms with Crippen molar-refractivity contribution >= 4 is 11.6 Å². The van der Waals surface area contributed by atoms with Crippen LogP contribution in [0, 0.1) is 25.2 Å². The Balaban J connectivity index is 1.28. The number of rotatable bonds is 6. The number of carbonyl (C=O) groups excluding carboxylic acids is 1. The zero-order chi connectivity index (χ0) is 24.8. The van der Waals surface area contributed by atoms with Crippen LogP contribution < -0.4 is 4.90 Å². The monoisotopic (exact) mass is 489 g/mol. The molecule has 0 saturated heterocycles. The number of aryl methyl sites for hydroxylation is 2. The minimum absolute atomic E-state index is 0.0109. The van der Waals surface area contributed by atoms with Gasteiger partial charge in [0, 0.05) is 29.1 Å². The second kappa shape index (κ2) is 9.12. The predicted octanol–water partition coefficient (Wildman–Crippen LogP) is 5.94. The van der Waals surface area contributed by atoms with Crippen molar-refractivity contribution < 1.29 is 13.8 Å². The summed E-state index contributed by atoms with van der Waals surface area (Å²) in [5.74, 6) is 3.00. The van der Waals surface area contributed by atoms with Crippen LogP contribution >= 0.6 is 0 Å². The van der Waals surface area contributed by atoms with Gasteiger partial charge < -0.3 is 13.9 Å². The quantitative estimate of drug-likeness (QED) is 0.422. The van der Waals surface area contributed by atoms with Gasteiger partial charge in [0.25, 0.3) is 5.89 Å². The van der Waals surface area contributed by atoms with Crippen molar-refractivity contribution in [1.82, 2.24) is 20.3 Å². The fourth-order valence-corrected chi connectivity index (χ4v) is 6.76. The lowest BCUT2D eigenvalue weighted by Gasteiger charge is -2.53. The van der Waals surface area contributed by atoms with Crippen LogP contribution in [0.5, 0.6) is 0 Å². The average molecular weight is 490 g/mol. The molecule has 4 fully saturated rings. The lowest BCUT2D eigenvalue weighted by molar-refractivity contribution is -0.124. The standard InChI is InChI=1S/C28H35N5O3/c1-19-29-24(35-31-19)22-9-6-10-23(17-22)33(25(34)21-7-4-3-5-8-21)18-27-11-14-28(15-12-27,16-13-27)26-30-20(2)32-36-26/h6,9-10,17,21H,3-5,7-8,11-16,18H2,1-2H3. The molecular weight excluding hydrogens is 454 g/mol. The van der Waals surface area contributed by atoms with Crippen molar-refractivity contribution in [3.63, 3.8) is 0 Å². The molecule has 8 nitrogen and oxygen atoms in total. The second-order valence-corrected chi connectivity index (χ2v) is 11.4. The zero-order valence-electron chi connectivity index (χ0n) is 21.3. The van der Waals surface area contributed by atoms with E-state index in [-0.39, 0.29) is 22.7 Å². The molecule has 2 heterocycles. The largest absolute Gasteiger partial charge is 0.339 e. The minimum Gasteiger partial charge on any atom is -0.339 e. The van der Waals surface area contributed by atoms with Crippen molar-refractivity contribution in [2.45, 2.75) is 89.9 Å². The Bertz CT molecular complexity index is 1220. The summed E-state index contributed by atoms with van der Waals surface area (Å²) >= 11 is 0. The summed E-state index contributed by atoms with van der Waals surface area (Å²) in [5.41, 5.74) is 1.92. The molecule has 2 aromatic heterocycles. The van der Waals surface area contributed by atoms with Crippen LogP contribution in [0.25, 0.3) is 11.5 Å². The van der Waals surface area contributed by atoms with E-state index in [4.69, 9.17) is 9.05 Å². The van der Waals surface area contributed by atoms with Crippen molar-refractivity contribution in [1.29, 1.82) is 0 Å². The van der Waals surface area contributed by atoms with Crippen LogP contribution in [0.3, 0.4) is 0 Å². The first-order chi connectivity index (χ1) is 17.5. The molecule has 7 rings (SSSR count). The molecule has 0 N–H and O–H groups in total. The Morgan fingerprint density at radius 3 is 2.28 bits per heavy atom. The summed E-state index contributed by atoms with van der Waals surface area (Å²) < 4.78 is 11.1. The van der Waals surface area contributed by atoms with Gasteiger partial charge in [0.1, 0.15) is 0 Å². The van der Waals surface area contributed by atoms with Gasteiger partial charge in [-0.2, -0.15) is 9.97 Å². The Hall–Kier alpha value is -3.03. The van der Waals surface area contributed by atoms with Crippen molar-refractivity contribution in [3.8, 4) is 11.5 Å². The highest BCUT2D eigenvalue weighted by atomic mass is 16.5. The number of carbonyl (C=O) groups is 1. The molecule has 4 aliphatic carbocycles. The molecule has 0 aliphatic heterocycles. The topological polar surface area (TPSA) is 98.1 Å². The molecule has 190 valence electrons. The molecule has 4 saturated carbocycles. The number of nitrogens with zero attached hydrogens (tertiary/aromatic N) is 5. The molecule has 1 amide bonds. The fraction of sp³-hybridized carbons (Fsp3) is 0.607. The van der Waals surface area contributed by atoms with Crippen molar-refractivity contribution in [2.24, 2.45) is 11.3 Å². The molecule has 0 radical (unpaired) electrons. The van der Waals surface area contributed by atoms with E-state index in [1.165, 1.54) is 6.42 Å². The van der Waals surface area contributed by atoms with Gasteiger partial charge in [-0.15, -0.1) is 0 Å². The van der Waals surface area contributed by atoms with E-state index in [9.17, 15) is 4.79 Å². The molecule has 4 aliphatic rings. The third-order valence-corrected chi connectivity index (χ3v) is 9.03. The van der Waals surface area contributed by atoms with Crippen molar-refractivity contribution in [2.75, 3.05) is 11.4 Å². The molecule has 3 aromatic rings. The van der Waals surface area contributed by atoms with E-state index in [2.05, 4.69) is 31.2 Å². The number of anilines is 1. The van der Waals surface area contributed by atoms with Gasteiger partial charge >= 0.3 is 0 Å². The van der Waals surface area contributed by atoms with E-state index >= 15 is 0 Å². The third kappa shape index (κ3) is 4.24. The smallest absolute Gasteiger partial charge is 0.257 e. The maximum absolute atomic E-state index is 14.0. The number of amides is 1. The van der Waals surface area contributed by atoms with Crippen LogP contribution in [-0.2, 0) is 10.2 Å². The summed E-state index contributed by atoms with van der Waals surface area (Å²) in [5, 5.41) is 8.01. The van der Waals surface area contributed by atoms with E-state index in [1.807, 2.05) is 32.0 Å². The third-order valence-electron chi connectivity index (χ3n) is 9.03. The Morgan fingerprint density at radius 1 is 0.944 bits per heavy atom. The summed E-state index contributed by atoms with van der Waals surface area (Å²) in [7, 11) is 0. The minimum atomic E-state index is 0.0109. The molecule has 0 atom stereocenters. The van der Waals surface area contributed by atoms with Gasteiger partial charge in [-0.25, -0.2) is 0 Å². The highest BCUT2D eigenvalue weighted by molar-refractivity contribution is 5.95. The van der Waals surface area contributed by atoms with Crippen molar-refractivity contribution in [3.05, 3.63) is 41.8 Å². The lowest BCUT2D eigenvalue weighted by Crippen LogP contribution is -2.51. The maximum atomic E-state index is 14.0. The molecule has 2 bridgehead atoms. The number of aromatic nitrogens is 4. The zero-order valence-corrected chi connectivity index (χ0v) is 21.3. The first-order valence-corrected chi connectivity index (χ1v) is 13.5. The van der Waals surface area contributed by atoms with E-state index in [0.717, 1.165) is 87.9 Å². The normalized spacial score (nSPS) is 26.3. The van der Waals surface area contributed by atoms with Crippen LogP contribution in [0.4, 0.5) is 5.69 Å². The van der Waals surface area contributed by atoms with Gasteiger partial charge in [-0.05, 0) is 88.8 Å². The summed E-state index contributed by atoms with van der Waals surface area (Å²) in [6.45, 7) is 4.46. The fourth-order valence-electron chi connectivity index (χ4n) is 6.76. The Morgan fingerprint density at radius 2 is 1.64 bits per heavy atom. The van der Waals surface area contributed by atoms with Crippen LogP contribution in [-0.4, -0.2) is 32.7 Å². The molecule has 36 heavy (non-hydrogen) atoms. The SMILES string of the molecule is Cc1noc(-c2cccc(N(CC34CCC(c5nc(C)no5)(CC3)CC4)C(=O)C3CCCCC3)c2)n1. The predicted molar refractivity (Wildman–Crippen MR) is 134 cm³/mol. The molecule has 8 heteroatoms. The summed E-state index contributed by atoms with van der Waals surface area (Å²) in [6.07, 6.45) is 11.9. The van der Waals surface area contributed by atoms with Gasteiger partial charge in [-0.1, -0.05) is 35.6 Å². The van der Waals surface area contributed by atoms with E-state index in [0.29, 0.717) is 17.5 Å². The second-order valence-electron chi connectivity index (χ2n) is 11.4. The number of hydrogen-bond acceptors (Lipinski definition) is 7. The number of fused-ring (bicyclic) bond motifs is 3. The Kier molecular flexibility index (Phi) is 5.92. The number of hydrogen-bond donors (Lipinski definition) is 0. The highest BCUT2D eigenvalue weighted by Gasteiger charge is 2.53. The van der Waals surface area contributed by atoms with E-state index in [1.54, 1.807) is 0 Å².